The van der Waals surface area contributed by atoms with E-state index in [0.29, 0.717) is 30.2 Å². The predicted octanol–water partition coefficient (Wildman–Crippen LogP) is 3.11. The van der Waals surface area contributed by atoms with Crippen LogP contribution in [0.2, 0.25) is 0 Å². The number of hydrogen-bond acceptors (Lipinski definition) is 7. The average molecular weight is 469 g/mol. The van der Waals surface area contributed by atoms with Crippen molar-refractivity contribution in [2.45, 2.75) is 44.4 Å². The highest BCUT2D eigenvalue weighted by Crippen LogP contribution is 2.23. The van der Waals surface area contributed by atoms with Gasteiger partial charge in [0.1, 0.15) is 12.4 Å². The largest absolute Gasteiger partial charge is 0.408 e. The molecule has 13 heteroatoms. The minimum Gasteiger partial charge on any atom is -0.366 e. The van der Waals surface area contributed by atoms with Gasteiger partial charge in [-0.15, -0.1) is 0 Å². The Morgan fingerprint density at radius 3 is 2.47 bits per heavy atom. The summed E-state index contributed by atoms with van der Waals surface area (Å²) in [5.74, 6) is 0.741. The van der Waals surface area contributed by atoms with Crippen molar-refractivity contribution >= 4 is 27.5 Å². The number of primary sulfonamides is 1. The summed E-state index contributed by atoms with van der Waals surface area (Å²) >= 11 is 0. The molecule has 0 saturated heterocycles. The van der Waals surface area contributed by atoms with Gasteiger partial charge in [0.05, 0.1) is 16.3 Å². The molecule has 3 rings (SSSR count). The Kier molecular flexibility index (Phi) is 6.69. The first kappa shape index (κ1) is 23.5. The van der Waals surface area contributed by atoms with Crippen molar-refractivity contribution in [2.24, 2.45) is 5.14 Å². The second-order valence-electron chi connectivity index (χ2n) is 7.03. The normalized spacial score (nSPS) is 12.1. The van der Waals surface area contributed by atoms with E-state index in [0.717, 1.165) is 15.8 Å². The van der Waals surface area contributed by atoms with Crippen LogP contribution in [0.5, 0.6) is 0 Å². The summed E-state index contributed by atoms with van der Waals surface area (Å²) in [6, 6.07) is 6.11. The fourth-order valence-corrected chi connectivity index (χ4v) is 3.40. The zero-order chi connectivity index (χ0) is 23.5. The van der Waals surface area contributed by atoms with E-state index >= 15 is 0 Å². The van der Waals surface area contributed by atoms with Crippen LogP contribution in [0.25, 0.3) is 0 Å². The average Bonchev–Trinajstić information content (AvgIpc) is 3.03. The third kappa shape index (κ3) is 6.17. The van der Waals surface area contributed by atoms with Gasteiger partial charge in [0.25, 0.3) is 0 Å². The van der Waals surface area contributed by atoms with E-state index in [9.17, 15) is 21.6 Å². The van der Waals surface area contributed by atoms with Crippen molar-refractivity contribution in [3.05, 3.63) is 53.5 Å². The first-order chi connectivity index (χ1) is 14.9. The zero-order valence-electron chi connectivity index (χ0n) is 17.3. The number of nitrogens with zero attached hydrogens (tertiary/aromatic N) is 4. The Bertz CT molecular complexity index is 1190. The number of nitrogens with two attached hydrogens (primary N) is 1. The second kappa shape index (κ2) is 9.12. The third-order valence-electron chi connectivity index (χ3n) is 4.49. The molecule has 2 heterocycles. The van der Waals surface area contributed by atoms with E-state index in [1.165, 1.54) is 18.3 Å². The van der Waals surface area contributed by atoms with Crippen molar-refractivity contribution in [3.8, 4) is 0 Å². The Balaban J connectivity index is 1.74. The molecule has 1 aromatic carbocycles. The first-order valence-electron chi connectivity index (χ1n) is 9.54. The molecule has 0 spiro atoms. The number of anilines is 3. The van der Waals surface area contributed by atoms with Crippen LogP contribution >= 0.6 is 0 Å². The quantitative estimate of drug-likeness (QED) is 0.462. The van der Waals surface area contributed by atoms with Crippen molar-refractivity contribution in [2.75, 3.05) is 10.6 Å². The molecular weight excluding hydrogens is 447 g/mol. The Morgan fingerprint density at radius 1 is 1.19 bits per heavy atom. The van der Waals surface area contributed by atoms with Crippen molar-refractivity contribution in [3.63, 3.8) is 0 Å². The number of aryl methyl sites for hydroxylation is 2. The lowest BCUT2D eigenvalue weighted by Gasteiger charge is -2.12. The van der Waals surface area contributed by atoms with Crippen molar-refractivity contribution in [1.82, 2.24) is 19.7 Å². The molecule has 0 amide bonds. The topological polar surface area (TPSA) is 128 Å². The lowest BCUT2D eigenvalue weighted by atomic mass is 10.2. The molecule has 0 aliphatic heterocycles. The summed E-state index contributed by atoms with van der Waals surface area (Å²) in [6.07, 6.45) is -0.856. The molecule has 0 aliphatic carbocycles. The molecule has 4 N–H and O–H groups in total. The molecule has 0 aliphatic rings. The second-order valence-corrected chi connectivity index (χ2v) is 8.59. The summed E-state index contributed by atoms with van der Waals surface area (Å²) < 4.78 is 61.3. The summed E-state index contributed by atoms with van der Waals surface area (Å²) in [5.41, 5.74) is 2.38. The molecule has 172 valence electrons. The van der Waals surface area contributed by atoms with Gasteiger partial charge in [-0.1, -0.05) is 19.1 Å². The van der Waals surface area contributed by atoms with E-state index in [1.807, 2.05) is 6.92 Å². The van der Waals surface area contributed by atoms with Gasteiger partial charge < -0.3 is 10.6 Å². The highest BCUT2D eigenvalue weighted by atomic mass is 32.2. The zero-order valence-corrected chi connectivity index (χ0v) is 18.1. The minimum atomic E-state index is -4.38. The van der Waals surface area contributed by atoms with Gasteiger partial charge in [-0.25, -0.2) is 18.5 Å². The maximum Gasteiger partial charge on any atom is 0.408 e. The van der Waals surface area contributed by atoms with E-state index < -0.39 is 22.7 Å². The third-order valence-corrected chi connectivity index (χ3v) is 5.42. The number of alkyl halides is 3. The van der Waals surface area contributed by atoms with Crippen LogP contribution < -0.4 is 15.8 Å². The first-order valence-corrected chi connectivity index (χ1v) is 11.1. The summed E-state index contributed by atoms with van der Waals surface area (Å²) in [6.45, 7) is 2.68. The highest BCUT2D eigenvalue weighted by molar-refractivity contribution is 7.89. The van der Waals surface area contributed by atoms with Gasteiger partial charge in [-0.2, -0.15) is 23.3 Å². The number of hydrogen-bond donors (Lipinski definition) is 3. The molecule has 0 saturated carbocycles. The van der Waals surface area contributed by atoms with E-state index in [-0.39, 0.29) is 10.8 Å². The van der Waals surface area contributed by atoms with Gasteiger partial charge in [0.15, 0.2) is 0 Å². The molecule has 0 fully saturated rings. The predicted molar refractivity (Wildman–Crippen MR) is 113 cm³/mol. The summed E-state index contributed by atoms with van der Waals surface area (Å²) in [5, 5.41) is 15.0. The SMILES string of the molecule is CCc1cnc(Nc2cn(CC(F)(F)F)nc2C)nc1NCc1ccc(S(N)(=O)=O)cc1. The number of rotatable bonds is 8. The summed E-state index contributed by atoms with van der Waals surface area (Å²) in [4.78, 5) is 8.67. The maximum atomic E-state index is 12.6. The Morgan fingerprint density at radius 2 is 1.88 bits per heavy atom. The molecule has 32 heavy (non-hydrogen) atoms. The Hall–Kier alpha value is -3.19. The van der Waals surface area contributed by atoms with Crippen LogP contribution in [-0.2, 0) is 29.5 Å². The van der Waals surface area contributed by atoms with Crippen LogP contribution in [0.3, 0.4) is 0 Å². The number of sulfonamides is 1. The Labute approximate surface area is 182 Å². The molecule has 2 aromatic heterocycles. The van der Waals surface area contributed by atoms with Crippen molar-refractivity contribution in [1.29, 1.82) is 0 Å². The van der Waals surface area contributed by atoms with Crippen LogP contribution in [0, 0.1) is 6.92 Å². The van der Waals surface area contributed by atoms with Gasteiger partial charge in [-0.3, -0.25) is 4.68 Å². The fraction of sp³-hybridized carbons (Fsp3) is 0.316. The fourth-order valence-electron chi connectivity index (χ4n) is 2.89. The van der Waals surface area contributed by atoms with E-state index in [4.69, 9.17) is 5.14 Å². The summed E-state index contributed by atoms with van der Waals surface area (Å²) in [7, 11) is -3.76. The maximum absolute atomic E-state index is 12.6. The molecule has 0 atom stereocenters. The van der Waals surface area contributed by atoms with Crippen LogP contribution in [0.15, 0.2) is 41.6 Å². The van der Waals surface area contributed by atoms with E-state index in [2.05, 4.69) is 25.7 Å². The lowest BCUT2D eigenvalue weighted by molar-refractivity contribution is -0.142. The standard InChI is InChI=1S/C19H22F3N7O2S/c1-3-14-9-25-18(26-16-10-29(28-12(16)2)11-19(20,21)22)27-17(14)24-8-13-4-6-15(7-5-13)32(23,30)31/h4-7,9-10H,3,8,11H2,1-2H3,(H2,23,30,31)(H2,24,25,26,27). The minimum absolute atomic E-state index is 0.0189. The molecule has 9 nitrogen and oxygen atoms in total. The smallest absolute Gasteiger partial charge is 0.366 e. The molecule has 3 aromatic rings. The van der Waals surface area contributed by atoms with E-state index in [1.54, 1.807) is 25.3 Å². The highest BCUT2D eigenvalue weighted by Gasteiger charge is 2.28. The number of nitrogens with one attached hydrogen (secondary N) is 2. The van der Waals surface area contributed by atoms with Crippen molar-refractivity contribution < 1.29 is 21.6 Å². The number of benzene rings is 1. The molecule has 0 radical (unpaired) electrons. The number of halogens is 3. The van der Waals surface area contributed by atoms with Crippen LogP contribution in [-0.4, -0.2) is 34.3 Å². The van der Waals surface area contributed by atoms with Crippen LogP contribution in [0.1, 0.15) is 23.7 Å². The monoisotopic (exact) mass is 469 g/mol. The molecular formula is C19H22F3N7O2S. The number of aromatic nitrogens is 4. The lowest BCUT2D eigenvalue weighted by Crippen LogP contribution is -2.17. The molecule has 0 unspecified atom stereocenters. The molecule has 0 bridgehead atoms. The van der Waals surface area contributed by atoms with Gasteiger partial charge >= 0.3 is 6.18 Å². The van der Waals surface area contributed by atoms with Crippen LogP contribution in [0.4, 0.5) is 30.6 Å². The van der Waals surface area contributed by atoms with Gasteiger partial charge in [0.2, 0.25) is 16.0 Å². The van der Waals surface area contributed by atoms with Gasteiger partial charge in [-0.05, 0) is 31.0 Å². The van der Waals surface area contributed by atoms with Gasteiger partial charge in [0, 0.05) is 24.5 Å².